The first-order chi connectivity index (χ1) is 7.48. The Morgan fingerprint density at radius 3 is 2.44 bits per heavy atom. The molecule has 0 spiro atoms. The summed E-state index contributed by atoms with van der Waals surface area (Å²) < 4.78 is 10.1. The van der Waals surface area contributed by atoms with Crippen molar-refractivity contribution in [1.29, 1.82) is 0 Å². The van der Waals surface area contributed by atoms with Crippen molar-refractivity contribution < 1.29 is 19.4 Å². The first kappa shape index (κ1) is 10.5. The molecule has 0 fully saturated rings. The maximum Gasteiger partial charge on any atom is 0.348 e. The second kappa shape index (κ2) is 3.56. The molecular formula is C12H12O4. The average Bonchev–Trinajstić information content (AvgIpc) is 2.62. The molecule has 4 nitrogen and oxygen atoms in total. The monoisotopic (exact) mass is 220 g/mol. The van der Waals surface area contributed by atoms with E-state index in [0.717, 1.165) is 5.57 Å². The fourth-order valence-electron chi connectivity index (χ4n) is 1.45. The van der Waals surface area contributed by atoms with Crippen LogP contribution in [0.2, 0.25) is 0 Å². The summed E-state index contributed by atoms with van der Waals surface area (Å²) in [6.07, 6.45) is 8.82. The van der Waals surface area contributed by atoms with Crippen LogP contribution >= 0.6 is 0 Å². The third-order valence-electron chi connectivity index (χ3n) is 2.13. The molecule has 0 amide bonds. The van der Waals surface area contributed by atoms with Crippen LogP contribution in [0.1, 0.15) is 13.8 Å². The third kappa shape index (κ3) is 2.00. The summed E-state index contributed by atoms with van der Waals surface area (Å²) in [5.74, 6) is -2.11. The number of carbonyl (C=O) groups is 1. The Kier molecular flexibility index (Phi) is 2.34. The summed E-state index contributed by atoms with van der Waals surface area (Å²) in [7, 11) is 0. The second-order valence-electron chi connectivity index (χ2n) is 3.97. The maximum atomic E-state index is 11.6. The van der Waals surface area contributed by atoms with Gasteiger partial charge in [-0.25, -0.2) is 4.79 Å². The molecule has 0 unspecified atom stereocenters. The summed E-state index contributed by atoms with van der Waals surface area (Å²) in [5, 5.41) is 9.60. The lowest BCUT2D eigenvalue weighted by molar-refractivity contribution is -0.221. The van der Waals surface area contributed by atoms with Gasteiger partial charge in [-0.15, -0.1) is 0 Å². The van der Waals surface area contributed by atoms with Crippen molar-refractivity contribution in [1.82, 2.24) is 0 Å². The third-order valence-corrected chi connectivity index (χ3v) is 2.13. The van der Waals surface area contributed by atoms with Gasteiger partial charge in [-0.2, -0.15) is 0 Å². The smallest absolute Gasteiger partial charge is 0.348 e. The fourth-order valence-corrected chi connectivity index (χ4v) is 1.45. The Bertz CT molecular complexity index is 436. The van der Waals surface area contributed by atoms with Crippen LogP contribution < -0.4 is 0 Å². The maximum absolute atomic E-state index is 11.6. The molecule has 0 aromatic heterocycles. The van der Waals surface area contributed by atoms with Crippen LogP contribution in [0.5, 0.6) is 0 Å². The number of rotatable bonds is 1. The topological polar surface area (TPSA) is 55.8 Å². The zero-order valence-electron chi connectivity index (χ0n) is 9.06. The number of carbonyl (C=O) groups excluding carboxylic acids is 1. The second-order valence-corrected chi connectivity index (χ2v) is 3.97. The van der Waals surface area contributed by atoms with E-state index in [-0.39, 0.29) is 5.57 Å². The van der Waals surface area contributed by atoms with E-state index in [1.807, 2.05) is 24.3 Å². The minimum atomic E-state index is -1.12. The molecule has 0 aromatic rings. The Balaban J connectivity index is 2.33. The number of hydrogen-bond acceptors (Lipinski definition) is 4. The highest BCUT2D eigenvalue weighted by Crippen LogP contribution is 2.26. The Morgan fingerprint density at radius 2 is 1.88 bits per heavy atom. The van der Waals surface area contributed by atoms with Crippen molar-refractivity contribution in [3.63, 3.8) is 0 Å². The number of allylic oxidation sites excluding steroid dienone is 5. The van der Waals surface area contributed by atoms with Gasteiger partial charge in [0.05, 0.1) is 0 Å². The Hall–Kier alpha value is -1.97. The summed E-state index contributed by atoms with van der Waals surface area (Å²) >= 11 is 0. The number of esters is 1. The van der Waals surface area contributed by atoms with Gasteiger partial charge in [-0.05, 0) is 11.6 Å². The van der Waals surface area contributed by atoms with Gasteiger partial charge in [0.1, 0.15) is 5.57 Å². The van der Waals surface area contributed by atoms with E-state index in [1.165, 1.54) is 6.08 Å². The van der Waals surface area contributed by atoms with Gasteiger partial charge in [0.15, 0.2) is 0 Å². The van der Waals surface area contributed by atoms with Crippen LogP contribution in [0.25, 0.3) is 0 Å². The molecule has 1 N–H and O–H groups in total. The highest BCUT2D eigenvalue weighted by molar-refractivity contribution is 5.93. The molecular weight excluding hydrogens is 208 g/mol. The van der Waals surface area contributed by atoms with Crippen molar-refractivity contribution in [3.8, 4) is 0 Å². The van der Waals surface area contributed by atoms with Crippen LogP contribution in [0.3, 0.4) is 0 Å². The first-order valence-electron chi connectivity index (χ1n) is 4.90. The molecule has 0 bridgehead atoms. The normalized spacial score (nSPS) is 22.1. The van der Waals surface area contributed by atoms with Crippen molar-refractivity contribution in [2.75, 3.05) is 0 Å². The number of aliphatic hydroxyl groups excluding tert-OH is 1. The molecule has 0 saturated carbocycles. The van der Waals surface area contributed by atoms with Crippen molar-refractivity contribution in [3.05, 3.63) is 47.5 Å². The molecule has 1 aliphatic carbocycles. The average molecular weight is 220 g/mol. The minimum Gasteiger partial charge on any atom is -0.480 e. The largest absolute Gasteiger partial charge is 0.480 e. The van der Waals surface area contributed by atoms with E-state index in [0.29, 0.717) is 0 Å². The Labute approximate surface area is 93.2 Å². The number of hydrogen-bond donors (Lipinski definition) is 1. The van der Waals surface area contributed by atoms with E-state index in [9.17, 15) is 9.90 Å². The van der Waals surface area contributed by atoms with E-state index in [1.54, 1.807) is 13.8 Å². The van der Waals surface area contributed by atoms with Crippen LogP contribution in [0.15, 0.2) is 47.5 Å². The lowest BCUT2D eigenvalue weighted by atomic mass is 10.1. The lowest BCUT2D eigenvalue weighted by Gasteiger charge is -2.29. The van der Waals surface area contributed by atoms with Gasteiger partial charge in [0, 0.05) is 13.8 Å². The fraction of sp³-hybridized carbons (Fsp3) is 0.250. The van der Waals surface area contributed by atoms with Crippen LogP contribution in [-0.4, -0.2) is 16.9 Å². The summed E-state index contributed by atoms with van der Waals surface area (Å²) in [6.45, 7) is 3.11. The van der Waals surface area contributed by atoms with Crippen LogP contribution in [0, 0.1) is 0 Å². The van der Waals surface area contributed by atoms with Crippen LogP contribution in [-0.2, 0) is 14.3 Å². The van der Waals surface area contributed by atoms with Gasteiger partial charge >= 0.3 is 5.97 Å². The zero-order valence-corrected chi connectivity index (χ0v) is 9.06. The SMILES string of the molecule is CC1(C)OC(=O)C(C=C2C=CC=C2)=C(O)O1. The van der Waals surface area contributed by atoms with E-state index in [4.69, 9.17) is 9.47 Å². The molecule has 0 atom stereocenters. The molecule has 84 valence electrons. The molecule has 0 aromatic carbocycles. The van der Waals surface area contributed by atoms with Crippen LogP contribution in [0.4, 0.5) is 0 Å². The van der Waals surface area contributed by atoms with E-state index in [2.05, 4.69) is 0 Å². The molecule has 1 aliphatic heterocycles. The summed E-state index contributed by atoms with van der Waals surface area (Å²) in [6, 6.07) is 0. The zero-order chi connectivity index (χ0) is 11.8. The van der Waals surface area contributed by atoms with Crippen molar-refractivity contribution >= 4 is 5.97 Å². The Morgan fingerprint density at radius 1 is 1.25 bits per heavy atom. The molecule has 2 aliphatic rings. The molecule has 4 heteroatoms. The standard InChI is InChI=1S/C12H12O4/c1-12(2)15-10(13)9(11(14)16-12)7-8-5-3-4-6-8/h3-7,13H,1-2H3. The lowest BCUT2D eigenvalue weighted by Crippen LogP contribution is -2.36. The number of cyclic esters (lactones) is 1. The predicted molar refractivity (Wildman–Crippen MR) is 57.3 cm³/mol. The van der Waals surface area contributed by atoms with Gasteiger partial charge in [-0.1, -0.05) is 24.3 Å². The van der Waals surface area contributed by atoms with Crippen molar-refractivity contribution in [2.24, 2.45) is 0 Å². The number of aliphatic hydroxyl groups is 1. The first-order valence-corrected chi connectivity index (χ1v) is 4.90. The molecule has 16 heavy (non-hydrogen) atoms. The molecule has 2 rings (SSSR count). The molecule has 0 saturated heterocycles. The van der Waals surface area contributed by atoms with E-state index >= 15 is 0 Å². The predicted octanol–water partition coefficient (Wildman–Crippen LogP) is 2.12. The minimum absolute atomic E-state index is 0.0329. The highest BCUT2D eigenvalue weighted by Gasteiger charge is 2.35. The summed E-state index contributed by atoms with van der Waals surface area (Å²) in [4.78, 5) is 11.6. The molecule has 1 heterocycles. The van der Waals surface area contributed by atoms with E-state index < -0.39 is 17.7 Å². The van der Waals surface area contributed by atoms with Gasteiger partial charge in [-0.3, -0.25) is 0 Å². The summed E-state index contributed by atoms with van der Waals surface area (Å²) in [5.41, 5.74) is 0.840. The number of ether oxygens (including phenoxy) is 2. The highest BCUT2D eigenvalue weighted by atomic mass is 16.8. The van der Waals surface area contributed by atoms with Gasteiger partial charge < -0.3 is 14.6 Å². The van der Waals surface area contributed by atoms with Crippen molar-refractivity contribution in [2.45, 2.75) is 19.6 Å². The van der Waals surface area contributed by atoms with Gasteiger partial charge in [0.25, 0.3) is 11.7 Å². The van der Waals surface area contributed by atoms with Gasteiger partial charge in [0.2, 0.25) is 0 Å². The quantitative estimate of drug-likeness (QED) is 0.688. The molecule has 0 radical (unpaired) electrons.